The van der Waals surface area contributed by atoms with E-state index in [1.165, 1.54) is 17.4 Å². The quantitative estimate of drug-likeness (QED) is 0.806. The number of nitrogens with zero attached hydrogens (tertiary/aromatic N) is 3. The van der Waals surface area contributed by atoms with E-state index in [2.05, 4.69) is 11.6 Å². The van der Waals surface area contributed by atoms with Gasteiger partial charge in [-0.25, -0.2) is 4.68 Å². The highest BCUT2D eigenvalue weighted by atomic mass is 32.1. The largest absolute Gasteiger partial charge is 0.507 e. The van der Waals surface area contributed by atoms with E-state index in [0.29, 0.717) is 6.54 Å². The van der Waals surface area contributed by atoms with Gasteiger partial charge in [0.1, 0.15) is 5.75 Å². The Labute approximate surface area is 149 Å². The second kappa shape index (κ2) is 7.48. The molecule has 1 heterocycles. The van der Waals surface area contributed by atoms with E-state index in [9.17, 15) is 9.90 Å². The molecule has 0 aliphatic heterocycles. The SMILES string of the molecule is C=CCN=c1scc(-c2ccc(O)c(C(N)=O)c2)n1N=C1CCCC1. The van der Waals surface area contributed by atoms with E-state index in [4.69, 9.17) is 10.8 Å². The van der Waals surface area contributed by atoms with Gasteiger partial charge in [0, 0.05) is 16.7 Å². The van der Waals surface area contributed by atoms with Gasteiger partial charge in [0.2, 0.25) is 4.80 Å². The highest BCUT2D eigenvalue weighted by Gasteiger charge is 2.15. The standard InChI is InChI=1S/C18H20N4O2S/c1-2-9-20-18-22(21-13-5-3-4-6-13)15(11-25-18)12-7-8-16(23)14(10-12)17(19)24/h2,7-8,10-11,23H,1,3-6,9H2,(H2,19,24). The molecule has 7 heteroatoms. The third-order valence-corrected chi connectivity index (χ3v) is 4.87. The van der Waals surface area contributed by atoms with Crippen molar-refractivity contribution in [2.75, 3.05) is 6.54 Å². The highest BCUT2D eigenvalue weighted by molar-refractivity contribution is 7.07. The lowest BCUT2D eigenvalue weighted by molar-refractivity contribution is 0.0998. The van der Waals surface area contributed by atoms with Gasteiger partial charge >= 0.3 is 0 Å². The van der Waals surface area contributed by atoms with Crippen LogP contribution in [-0.2, 0) is 0 Å². The number of amides is 1. The van der Waals surface area contributed by atoms with E-state index < -0.39 is 5.91 Å². The fraction of sp³-hybridized carbons (Fsp3) is 0.278. The molecule has 0 radical (unpaired) electrons. The van der Waals surface area contributed by atoms with E-state index in [-0.39, 0.29) is 11.3 Å². The molecule has 25 heavy (non-hydrogen) atoms. The smallest absolute Gasteiger partial charge is 0.252 e. The van der Waals surface area contributed by atoms with Crippen molar-refractivity contribution in [1.82, 2.24) is 4.68 Å². The Bertz CT molecular complexity index is 900. The summed E-state index contributed by atoms with van der Waals surface area (Å²) >= 11 is 1.48. The molecule has 1 amide bonds. The summed E-state index contributed by atoms with van der Waals surface area (Å²) in [6, 6.07) is 4.80. The Kier molecular flexibility index (Phi) is 5.14. The van der Waals surface area contributed by atoms with Crippen molar-refractivity contribution in [3.63, 3.8) is 0 Å². The number of carbonyl (C=O) groups is 1. The van der Waals surface area contributed by atoms with Crippen LogP contribution in [-0.4, -0.2) is 27.9 Å². The second-order valence-corrected chi connectivity index (χ2v) is 6.65. The lowest BCUT2D eigenvalue weighted by Gasteiger charge is -2.07. The number of primary amides is 1. The summed E-state index contributed by atoms with van der Waals surface area (Å²) in [6.45, 7) is 4.21. The maximum Gasteiger partial charge on any atom is 0.252 e. The summed E-state index contributed by atoms with van der Waals surface area (Å²) in [6.07, 6.45) is 6.03. The summed E-state index contributed by atoms with van der Waals surface area (Å²) in [5, 5.41) is 16.5. The molecule has 1 saturated carbocycles. The average Bonchev–Trinajstić information content (AvgIpc) is 3.24. The number of benzene rings is 1. The normalized spacial score (nSPS) is 14.7. The van der Waals surface area contributed by atoms with Gasteiger partial charge in [-0.15, -0.1) is 17.9 Å². The van der Waals surface area contributed by atoms with E-state index in [0.717, 1.165) is 47.5 Å². The van der Waals surface area contributed by atoms with Crippen LogP contribution >= 0.6 is 11.3 Å². The molecule has 0 atom stereocenters. The zero-order valence-electron chi connectivity index (χ0n) is 13.8. The van der Waals surface area contributed by atoms with E-state index in [1.54, 1.807) is 18.2 Å². The third kappa shape index (κ3) is 3.71. The van der Waals surface area contributed by atoms with Gasteiger partial charge in [-0.3, -0.25) is 9.79 Å². The molecule has 1 aromatic heterocycles. The number of hydrogen-bond donors (Lipinski definition) is 2. The van der Waals surface area contributed by atoms with Gasteiger partial charge in [-0.05, 0) is 43.9 Å². The van der Waals surface area contributed by atoms with Crippen LogP contribution in [0, 0.1) is 0 Å². The minimum Gasteiger partial charge on any atom is -0.507 e. The van der Waals surface area contributed by atoms with Crippen LogP contribution in [0.15, 0.2) is 46.3 Å². The number of nitrogens with two attached hydrogens (primary N) is 1. The topological polar surface area (TPSA) is 93.0 Å². The predicted octanol–water partition coefficient (Wildman–Crippen LogP) is 2.89. The highest BCUT2D eigenvalue weighted by Crippen LogP contribution is 2.27. The van der Waals surface area contributed by atoms with Crippen LogP contribution in [0.5, 0.6) is 5.75 Å². The van der Waals surface area contributed by atoms with E-state index >= 15 is 0 Å². The zero-order chi connectivity index (χ0) is 17.8. The molecule has 0 spiro atoms. The van der Waals surface area contributed by atoms with Gasteiger partial charge in [-0.1, -0.05) is 6.08 Å². The first-order valence-electron chi connectivity index (χ1n) is 8.12. The van der Waals surface area contributed by atoms with Gasteiger partial charge in [-0.2, -0.15) is 5.10 Å². The summed E-state index contributed by atoms with van der Waals surface area (Å²) in [5.41, 5.74) is 8.15. The average molecular weight is 356 g/mol. The maximum absolute atomic E-state index is 11.5. The molecule has 1 aliphatic rings. The molecule has 0 saturated heterocycles. The van der Waals surface area contributed by atoms with Crippen LogP contribution in [0.25, 0.3) is 11.3 Å². The first-order valence-corrected chi connectivity index (χ1v) is 9.00. The minimum atomic E-state index is -0.667. The maximum atomic E-state index is 11.5. The predicted molar refractivity (Wildman–Crippen MR) is 99.9 cm³/mol. The molecule has 3 rings (SSSR count). The van der Waals surface area contributed by atoms with Gasteiger partial charge in [0.05, 0.1) is 17.8 Å². The Morgan fingerprint density at radius 3 is 2.84 bits per heavy atom. The molecule has 1 aliphatic carbocycles. The summed E-state index contributed by atoms with van der Waals surface area (Å²) in [4.78, 5) is 16.8. The number of thiazole rings is 1. The number of aromatic nitrogens is 1. The lowest BCUT2D eigenvalue weighted by atomic mass is 10.1. The Balaban J connectivity index is 2.14. The lowest BCUT2D eigenvalue weighted by Crippen LogP contribution is -2.15. The summed E-state index contributed by atoms with van der Waals surface area (Å²) in [7, 11) is 0. The Morgan fingerprint density at radius 2 is 2.16 bits per heavy atom. The van der Waals surface area contributed by atoms with Crippen molar-refractivity contribution in [2.24, 2.45) is 15.8 Å². The number of hydrogen-bond acceptors (Lipinski definition) is 5. The minimum absolute atomic E-state index is 0.0911. The number of carbonyl (C=O) groups excluding carboxylic acids is 1. The number of aromatic hydroxyl groups is 1. The van der Waals surface area contributed by atoms with Crippen molar-refractivity contribution < 1.29 is 9.90 Å². The first-order chi connectivity index (χ1) is 12.1. The summed E-state index contributed by atoms with van der Waals surface area (Å²) < 4.78 is 1.81. The molecule has 2 aromatic rings. The van der Waals surface area contributed by atoms with E-state index in [1.807, 2.05) is 10.1 Å². The monoisotopic (exact) mass is 356 g/mol. The molecule has 6 nitrogen and oxygen atoms in total. The molecule has 0 unspecified atom stereocenters. The van der Waals surface area contributed by atoms with Gasteiger partial charge in [0.15, 0.2) is 0 Å². The zero-order valence-corrected chi connectivity index (χ0v) is 14.6. The van der Waals surface area contributed by atoms with Crippen molar-refractivity contribution >= 4 is 23.0 Å². The van der Waals surface area contributed by atoms with Crippen LogP contribution in [0.4, 0.5) is 0 Å². The molecular formula is C18H20N4O2S. The molecule has 3 N–H and O–H groups in total. The third-order valence-electron chi connectivity index (χ3n) is 4.02. The molecule has 0 bridgehead atoms. The van der Waals surface area contributed by atoms with Crippen LogP contribution in [0.2, 0.25) is 0 Å². The Hall–Kier alpha value is -2.67. The fourth-order valence-electron chi connectivity index (χ4n) is 2.76. The molecule has 130 valence electrons. The molecule has 1 fully saturated rings. The first kappa shape index (κ1) is 17.2. The Morgan fingerprint density at radius 1 is 1.40 bits per heavy atom. The van der Waals surface area contributed by atoms with Crippen molar-refractivity contribution in [2.45, 2.75) is 25.7 Å². The number of rotatable bonds is 5. The van der Waals surface area contributed by atoms with Crippen molar-refractivity contribution in [3.05, 3.63) is 46.6 Å². The number of phenols is 1. The van der Waals surface area contributed by atoms with Crippen molar-refractivity contribution in [1.29, 1.82) is 0 Å². The summed E-state index contributed by atoms with van der Waals surface area (Å²) in [5.74, 6) is -0.795. The second-order valence-electron chi connectivity index (χ2n) is 5.81. The van der Waals surface area contributed by atoms with Crippen molar-refractivity contribution in [3.8, 4) is 17.0 Å². The van der Waals surface area contributed by atoms with Gasteiger partial charge < -0.3 is 10.8 Å². The fourth-order valence-corrected chi connectivity index (χ4v) is 3.60. The van der Waals surface area contributed by atoms with Crippen LogP contribution in [0.1, 0.15) is 36.0 Å². The van der Waals surface area contributed by atoms with Crippen LogP contribution in [0.3, 0.4) is 0 Å². The van der Waals surface area contributed by atoms with Gasteiger partial charge in [0.25, 0.3) is 5.91 Å². The molecular weight excluding hydrogens is 336 g/mol. The van der Waals surface area contributed by atoms with Crippen LogP contribution < -0.4 is 10.5 Å². The molecule has 1 aromatic carbocycles.